The molecule has 0 aromatic heterocycles. The molecule has 0 saturated carbocycles. The zero-order valence-electron chi connectivity index (χ0n) is 9.60. The number of rotatable bonds is 2. The summed E-state index contributed by atoms with van der Waals surface area (Å²) in [7, 11) is 0. The van der Waals surface area contributed by atoms with E-state index >= 15 is 0 Å². The summed E-state index contributed by atoms with van der Waals surface area (Å²) in [5.41, 5.74) is 1.42. The van der Waals surface area contributed by atoms with Crippen LogP contribution in [-0.4, -0.2) is 41.8 Å². The van der Waals surface area contributed by atoms with Gasteiger partial charge in [-0.1, -0.05) is 30.3 Å². The third kappa shape index (κ3) is 1.60. The SMILES string of the molecule is O=C(O)N1CC2(CNC2)C1Cc1ccccc1. The molecule has 17 heavy (non-hydrogen) atoms. The highest BCUT2D eigenvalue weighted by atomic mass is 16.4. The van der Waals surface area contributed by atoms with Gasteiger partial charge < -0.3 is 15.3 Å². The Labute approximate surface area is 100 Å². The lowest BCUT2D eigenvalue weighted by molar-refractivity contribution is -0.0879. The van der Waals surface area contributed by atoms with Crippen LogP contribution < -0.4 is 5.32 Å². The summed E-state index contributed by atoms with van der Waals surface area (Å²) in [4.78, 5) is 12.7. The van der Waals surface area contributed by atoms with Crippen LogP contribution in [-0.2, 0) is 6.42 Å². The number of nitrogens with one attached hydrogen (secondary N) is 1. The molecule has 1 aromatic rings. The average Bonchev–Trinajstić information content (AvgIpc) is 2.23. The molecule has 90 valence electrons. The van der Waals surface area contributed by atoms with Crippen LogP contribution in [0.3, 0.4) is 0 Å². The van der Waals surface area contributed by atoms with E-state index in [-0.39, 0.29) is 11.5 Å². The molecular weight excluding hydrogens is 216 g/mol. The average molecular weight is 232 g/mol. The molecule has 2 heterocycles. The predicted octanol–water partition coefficient (Wildman–Crippen LogP) is 1.18. The predicted molar refractivity (Wildman–Crippen MR) is 64.0 cm³/mol. The standard InChI is InChI=1S/C13H16N2O2/c16-12(17)15-9-13(7-14-8-13)11(15)6-10-4-2-1-3-5-10/h1-5,11,14H,6-9H2,(H,16,17). The van der Waals surface area contributed by atoms with Gasteiger partial charge in [0, 0.05) is 31.1 Å². The molecule has 0 aliphatic carbocycles. The van der Waals surface area contributed by atoms with E-state index in [0.717, 1.165) is 19.5 Å². The maximum absolute atomic E-state index is 11.1. The van der Waals surface area contributed by atoms with Crippen LogP contribution in [0.15, 0.2) is 30.3 Å². The Balaban J connectivity index is 1.76. The third-order valence-electron chi connectivity index (χ3n) is 4.04. The molecule has 1 amide bonds. The van der Waals surface area contributed by atoms with Crippen molar-refractivity contribution in [2.45, 2.75) is 12.5 Å². The molecule has 1 aromatic carbocycles. The molecule has 1 unspecified atom stereocenters. The monoisotopic (exact) mass is 232 g/mol. The molecule has 2 fully saturated rings. The summed E-state index contributed by atoms with van der Waals surface area (Å²) in [5, 5.41) is 12.4. The van der Waals surface area contributed by atoms with Gasteiger partial charge in [0.25, 0.3) is 0 Å². The Morgan fingerprint density at radius 1 is 1.41 bits per heavy atom. The van der Waals surface area contributed by atoms with E-state index in [0.29, 0.717) is 6.54 Å². The lowest BCUT2D eigenvalue weighted by Crippen LogP contribution is -2.77. The molecule has 1 atom stereocenters. The molecule has 2 N–H and O–H groups in total. The van der Waals surface area contributed by atoms with Crippen molar-refractivity contribution in [3.05, 3.63) is 35.9 Å². The van der Waals surface area contributed by atoms with Crippen LogP contribution in [0.2, 0.25) is 0 Å². The molecule has 2 aliphatic rings. The van der Waals surface area contributed by atoms with Gasteiger partial charge in [-0.25, -0.2) is 4.79 Å². The second-order valence-electron chi connectivity index (χ2n) is 5.08. The molecule has 0 bridgehead atoms. The van der Waals surface area contributed by atoms with Gasteiger partial charge in [-0.15, -0.1) is 0 Å². The molecule has 3 rings (SSSR count). The zero-order valence-corrected chi connectivity index (χ0v) is 9.60. The second kappa shape index (κ2) is 3.74. The van der Waals surface area contributed by atoms with Crippen LogP contribution >= 0.6 is 0 Å². The van der Waals surface area contributed by atoms with Gasteiger partial charge in [0.05, 0.1) is 0 Å². The number of nitrogens with zero attached hydrogens (tertiary/aromatic N) is 1. The molecule has 2 saturated heterocycles. The number of likely N-dealkylation sites (tertiary alicyclic amines) is 1. The van der Waals surface area contributed by atoms with Crippen LogP contribution in [0.4, 0.5) is 4.79 Å². The van der Waals surface area contributed by atoms with Gasteiger partial charge in [0.15, 0.2) is 0 Å². The van der Waals surface area contributed by atoms with Gasteiger partial charge >= 0.3 is 6.09 Å². The van der Waals surface area contributed by atoms with E-state index in [2.05, 4.69) is 17.4 Å². The highest BCUT2D eigenvalue weighted by Gasteiger charge is 2.57. The van der Waals surface area contributed by atoms with Crippen LogP contribution in [0, 0.1) is 5.41 Å². The van der Waals surface area contributed by atoms with E-state index in [1.54, 1.807) is 4.90 Å². The maximum Gasteiger partial charge on any atom is 0.407 e. The summed E-state index contributed by atoms with van der Waals surface area (Å²) < 4.78 is 0. The normalized spacial score (nSPS) is 25.2. The lowest BCUT2D eigenvalue weighted by atomic mass is 9.65. The van der Waals surface area contributed by atoms with E-state index in [9.17, 15) is 4.79 Å². The molecule has 1 spiro atoms. The van der Waals surface area contributed by atoms with Crippen molar-refractivity contribution in [1.29, 1.82) is 0 Å². The number of hydrogen-bond donors (Lipinski definition) is 2. The fraction of sp³-hybridized carbons (Fsp3) is 0.462. The number of carbonyl (C=O) groups is 1. The quantitative estimate of drug-likeness (QED) is 0.805. The fourth-order valence-corrected chi connectivity index (χ4v) is 2.93. The van der Waals surface area contributed by atoms with Crippen LogP contribution in [0.5, 0.6) is 0 Å². The molecule has 0 radical (unpaired) electrons. The van der Waals surface area contributed by atoms with Crippen LogP contribution in [0.1, 0.15) is 5.56 Å². The first-order valence-corrected chi connectivity index (χ1v) is 5.95. The van der Waals surface area contributed by atoms with Crippen molar-refractivity contribution in [2.24, 2.45) is 5.41 Å². The van der Waals surface area contributed by atoms with Gasteiger partial charge in [0.1, 0.15) is 0 Å². The molecule has 2 aliphatic heterocycles. The smallest absolute Gasteiger partial charge is 0.407 e. The lowest BCUT2D eigenvalue weighted by Gasteiger charge is -2.61. The van der Waals surface area contributed by atoms with Crippen molar-refractivity contribution in [3.8, 4) is 0 Å². The number of carboxylic acid groups (broad SMARTS) is 1. The minimum atomic E-state index is -0.788. The van der Waals surface area contributed by atoms with Crippen molar-refractivity contribution in [2.75, 3.05) is 19.6 Å². The molecule has 4 heteroatoms. The summed E-state index contributed by atoms with van der Waals surface area (Å²) >= 11 is 0. The van der Waals surface area contributed by atoms with E-state index in [1.807, 2.05) is 18.2 Å². The Hall–Kier alpha value is -1.55. The highest BCUT2D eigenvalue weighted by molar-refractivity contribution is 5.67. The first-order chi connectivity index (χ1) is 8.21. The van der Waals surface area contributed by atoms with Crippen LogP contribution in [0.25, 0.3) is 0 Å². The van der Waals surface area contributed by atoms with Gasteiger partial charge in [-0.05, 0) is 12.0 Å². The van der Waals surface area contributed by atoms with Crippen molar-refractivity contribution in [3.63, 3.8) is 0 Å². The van der Waals surface area contributed by atoms with E-state index in [1.165, 1.54) is 5.56 Å². The summed E-state index contributed by atoms with van der Waals surface area (Å²) in [6.07, 6.45) is 0.0397. The minimum Gasteiger partial charge on any atom is -0.465 e. The third-order valence-corrected chi connectivity index (χ3v) is 4.04. The van der Waals surface area contributed by atoms with E-state index < -0.39 is 6.09 Å². The summed E-state index contributed by atoms with van der Waals surface area (Å²) in [6, 6.07) is 10.3. The number of hydrogen-bond acceptors (Lipinski definition) is 2. The molecular formula is C13H16N2O2. The Kier molecular flexibility index (Phi) is 2.33. The Bertz CT molecular complexity index is 428. The van der Waals surface area contributed by atoms with E-state index in [4.69, 9.17) is 5.11 Å². The number of benzene rings is 1. The first-order valence-electron chi connectivity index (χ1n) is 5.95. The summed E-state index contributed by atoms with van der Waals surface area (Å²) in [5.74, 6) is 0. The van der Waals surface area contributed by atoms with Crippen molar-refractivity contribution < 1.29 is 9.90 Å². The fourth-order valence-electron chi connectivity index (χ4n) is 2.93. The maximum atomic E-state index is 11.1. The second-order valence-corrected chi connectivity index (χ2v) is 5.08. The van der Waals surface area contributed by atoms with Crippen molar-refractivity contribution in [1.82, 2.24) is 10.2 Å². The summed E-state index contributed by atoms with van der Waals surface area (Å²) in [6.45, 7) is 2.59. The zero-order chi connectivity index (χ0) is 11.9. The van der Waals surface area contributed by atoms with Gasteiger partial charge in [0.2, 0.25) is 0 Å². The largest absolute Gasteiger partial charge is 0.465 e. The van der Waals surface area contributed by atoms with Gasteiger partial charge in [-0.2, -0.15) is 0 Å². The van der Waals surface area contributed by atoms with Crippen molar-refractivity contribution >= 4 is 6.09 Å². The topological polar surface area (TPSA) is 52.6 Å². The number of amides is 1. The molecule has 4 nitrogen and oxygen atoms in total. The first kappa shape index (κ1) is 10.6. The Morgan fingerprint density at radius 2 is 2.12 bits per heavy atom. The highest BCUT2D eigenvalue weighted by Crippen LogP contribution is 2.42. The minimum absolute atomic E-state index is 0.142. The van der Waals surface area contributed by atoms with Gasteiger partial charge in [-0.3, -0.25) is 0 Å². The Morgan fingerprint density at radius 3 is 2.65 bits per heavy atom.